The third-order valence-electron chi connectivity index (χ3n) is 2.61. The van der Waals surface area contributed by atoms with Crippen LogP contribution >= 0.6 is 11.6 Å². The van der Waals surface area contributed by atoms with Crippen LogP contribution in [0.4, 0.5) is 0 Å². The molecule has 0 bridgehead atoms. The molecule has 1 aliphatic rings. The number of hydrogen-bond acceptors (Lipinski definition) is 2. The number of aliphatic hydroxyl groups excluding tert-OH is 1. The van der Waals surface area contributed by atoms with Crippen molar-refractivity contribution < 1.29 is 9.90 Å². The van der Waals surface area contributed by atoms with Crippen LogP contribution in [0.5, 0.6) is 0 Å². The second-order valence-corrected chi connectivity index (χ2v) is 4.47. The third-order valence-corrected chi connectivity index (χ3v) is 2.81. The van der Waals surface area contributed by atoms with Gasteiger partial charge in [0.1, 0.15) is 5.38 Å². The number of carbonyl (C=O) groups is 1. The molecule has 1 fully saturated rings. The topological polar surface area (TPSA) is 49.3 Å². The van der Waals surface area contributed by atoms with Gasteiger partial charge in [-0.1, -0.05) is 0 Å². The van der Waals surface area contributed by atoms with E-state index in [0.717, 1.165) is 19.3 Å². The number of halogens is 1. The number of alkyl halides is 1. The molecule has 76 valence electrons. The molecule has 13 heavy (non-hydrogen) atoms. The molecule has 1 aliphatic carbocycles. The van der Waals surface area contributed by atoms with E-state index >= 15 is 0 Å². The number of nitrogens with one attached hydrogen (secondary N) is 1. The number of amides is 1. The molecule has 0 saturated heterocycles. The van der Waals surface area contributed by atoms with Gasteiger partial charge in [0.25, 0.3) is 0 Å². The lowest BCUT2D eigenvalue weighted by Gasteiger charge is -2.12. The van der Waals surface area contributed by atoms with E-state index in [4.69, 9.17) is 16.7 Å². The minimum Gasteiger partial charge on any atom is -0.396 e. The van der Waals surface area contributed by atoms with Crippen LogP contribution in [0.2, 0.25) is 0 Å². The lowest BCUT2D eigenvalue weighted by Crippen LogP contribution is -2.31. The first-order chi connectivity index (χ1) is 6.09. The maximum atomic E-state index is 11.0. The summed E-state index contributed by atoms with van der Waals surface area (Å²) in [5, 5.41) is 11.3. The molecule has 1 saturated carbocycles. The summed E-state index contributed by atoms with van der Waals surface area (Å²) >= 11 is 5.57. The minimum absolute atomic E-state index is 0.114. The highest BCUT2D eigenvalue weighted by Crippen LogP contribution is 2.47. The summed E-state index contributed by atoms with van der Waals surface area (Å²) in [7, 11) is 0. The average molecular weight is 206 g/mol. The molecule has 1 amide bonds. The Kier molecular flexibility index (Phi) is 3.56. The van der Waals surface area contributed by atoms with Gasteiger partial charge in [0.2, 0.25) is 5.91 Å². The second-order valence-electron chi connectivity index (χ2n) is 3.82. The molecule has 4 heteroatoms. The van der Waals surface area contributed by atoms with E-state index in [1.54, 1.807) is 6.92 Å². The molecule has 0 aromatic carbocycles. The normalized spacial score (nSPS) is 20.8. The monoisotopic (exact) mass is 205 g/mol. The van der Waals surface area contributed by atoms with E-state index in [9.17, 15) is 4.79 Å². The maximum Gasteiger partial charge on any atom is 0.237 e. The van der Waals surface area contributed by atoms with Crippen molar-refractivity contribution in [2.24, 2.45) is 5.41 Å². The largest absolute Gasteiger partial charge is 0.396 e. The molecule has 2 N–H and O–H groups in total. The molecule has 1 atom stereocenters. The van der Waals surface area contributed by atoms with Crippen LogP contribution in [0.15, 0.2) is 0 Å². The van der Waals surface area contributed by atoms with Gasteiger partial charge >= 0.3 is 0 Å². The highest BCUT2D eigenvalue weighted by atomic mass is 35.5. The van der Waals surface area contributed by atoms with Gasteiger partial charge in [-0.05, 0) is 31.6 Å². The lowest BCUT2D eigenvalue weighted by molar-refractivity contribution is -0.120. The van der Waals surface area contributed by atoms with Crippen molar-refractivity contribution in [1.29, 1.82) is 0 Å². The number of hydrogen-bond donors (Lipinski definition) is 2. The molecule has 1 rings (SSSR count). The van der Waals surface area contributed by atoms with Crippen LogP contribution < -0.4 is 5.32 Å². The molecule has 0 radical (unpaired) electrons. The molecule has 0 spiro atoms. The summed E-state index contributed by atoms with van der Waals surface area (Å²) in [6, 6.07) is 0. The summed E-state index contributed by atoms with van der Waals surface area (Å²) < 4.78 is 0. The summed E-state index contributed by atoms with van der Waals surface area (Å²) in [6.07, 6.45) is 3.02. The summed E-state index contributed by atoms with van der Waals surface area (Å²) in [6.45, 7) is 2.51. The van der Waals surface area contributed by atoms with Crippen molar-refractivity contribution in [2.75, 3.05) is 13.2 Å². The molecular formula is C9H16ClNO2. The van der Waals surface area contributed by atoms with Gasteiger partial charge in [0.15, 0.2) is 0 Å². The Bertz CT molecular complexity index is 190. The van der Waals surface area contributed by atoms with Crippen molar-refractivity contribution >= 4 is 17.5 Å². The molecular weight excluding hydrogens is 190 g/mol. The highest BCUT2D eigenvalue weighted by molar-refractivity contribution is 6.30. The first-order valence-corrected chi connectivity index (χ1v) is 5.06. The summed E-state index contributed by atoms with van der Waals surface area (Å²) in [5.41, 5.74) is 0.114. The van der Waals surface area contributed by atoms with Gasteiger partial charge in [-0.15, -0.1) is 11.6 Å². The predicted octanol–water partition coefficient (Wildman–Crippen LogP) is 0.892. The van der Waals surface area contributed by atoms with Crippen LogP contribution in [0, 0.1) is 5.41 Å². The van der Waals surface area contributed by atoms with Crippen molar-refractivity contribution in [3.8, 4) is 0 Å². The van der Waals surface area contributed by atoms with Crippen LogP contribution in [0.1, 0.15) is 26.2 Å². The van der Waals surface area contributed by atoms with Gasteiger partial charge in [0.05, 0.1) is 0 Å². The number of rotatable bonds is 5. The van der Waals surface area contributed by atoms with Crippen molar-refractivity contribution in [3.05, 3.63) is 0 Å². The SMILES string of the molecule is CC(Cl)C(=O)NCCC1(CO)CC1. The van der Waals surface area contributed by atoms with E-state index in [2.05, 4.69) is 5.32 Å². The van der Waals surface area contributed by atoms with Gasteiger partial charge in [-0.3, -0.25) is 4.79 Å². The Balaban J connectivity index is 2.10. The van der Waals surface area contributed by atoms with E-state index < -0.39 is 5.38 Å². The Morgan fingerprint density at radius 1 is 1.69 bits per heavy atom. The quantitative estimate of drug-likeness (QED) is 0.655. The zero-order valence-corrected chi connectivity index (χ0v) is 8.60. The minimum atomic E-state index is -0.468. The van der Waals surface area contributed by atoms with E-state index in [-0.39, 0.29) is 17.9 Å². The number of aliphatic hydroxyl groups is 1. The predicted molar refractivity (Wildman–Crippen MR) is 51.7 cm³/mol. The van der Waals surface area contributed by atoms with Crippen molar-refractivity contribution in [2.45, 2.75) is 31.6 Å². The van der Waals surface area contributed by atoms with Crippen LogP contribution in [-0.2, 0) is 4.79 Å². The van der Waals surface area contributed by atoms with Crippen molar-refractivity contribution in [1.82, 2.24) is 5.32 Å². The Hall–Kier alpha value is -0.280. The summed E-state index contributed by atoms with van der Waals surface area (Å²) in [5.74, 6) is -0.129. The fourth-order valence-electron chi connectivity index (χ4n) is 1.26. The zero-order chi connectivity index (χ0) is 9.90. The van der Waals surface area contributed by atoms with Gasteiger partial charge in [0, 0.05) is 13.2 Å². The van der Waals surface area contributed by atoms with E-state index in [1.807, 2.05) is 0 Å². The van der Waals surface area contributed by atoms with Gasteiger partial charge < -0.3 is 10.4 Å². The first kappa shape index (κ1) is 10.8. The average Bonchev–Trinajstić information content (AvgIpc) is 2.85. The fraction of sp³-hybridized carbons (Fsp3) is 0.889. The first-order valence-electron chi connectivity index (χ1n) is 4.62. The fourth-order valence-corrected chi connectivity index (χ4v) is 1.33. The Labute approximate surface area is 83.5 Å². The molecule has 1 unspecified atom stereocenters. The van der Waals surface area contributed by atoms with Crippen LogP contribution in [-0.4, -0.2) is 29.5 Å². The van der Waals surface area contributed by atoms with E-state index in [0.29, 0.717) is 6.54 Å². The second kappa shape index (κ2) is 4.29. The highest BCUT2D eigenvalue weighted by Gasteiger charge is 2.41. The molecule has 0 heterocycles. The Morgan fingerprint density at radius 2 is 2.31 bits per heavy atom. The van der Waals surface area contributed by atoms with Crippen LogP contribution in [0.25, 0.3) is 0 Å². The molecule has 3 nitrogen and oxygen atoms in total. The third kappa shape index (κ3) is 3.16. The Morgan fingerprint density at radius 3 is 2.69 bits per heavy atom. The molecule has 0 aliphatic heterocycles. The van der Waals surface area contributed by atoms with Crippen LogP contribution in [0.3, 0.4) is 0 Å². The maximum absolute atomic E-state index is 11.0. The van der Waals surface area contributed by atoms with Gasteiger partial charge in [-0.25, -0.2) is 0 Å². The van der Waals surface area contributed by atoms with Crippen molar-refractivity contribution in [3.63, 3.8) is 0 Å². The van der Waals surface area contributed by atoms with E-state index in [1.165, 1.54) is 0 Å². The molecule has 0 aromatic heterocycles. The number of carbonyl (C=O) groups excluding carboxylic acids is 1. The molecule has 0 aromatic rings. The lowest BCUT2D eigenvalue weighted by atomic mass is 10.0. The summed E-state index contributed by atoms with van der Waals surface area (Å²) in [4.78, 5) is 11.0. The smallest absolute Gasteiger partial charge is 0.237 e. The standard InChI is InChI=1S/C9H16ClNO2/c1-7(10)8(13)11-5-4-9(6-12)2-3-9/h7,12H,2-6H2,1H3,(H,11,13). The zero-order valence-electron chi connectivity index (χ0n) is 7.85. The van der Waals surface area contributed by atoms with Gasteiger partial charge in [-0.2, -0.15) is 0 Å².